The Kier molecular flexibility index (Phi) is 2.14. The zero-order valence-corrected chi connectivity index (χ0v) is 9.28. The molecule has 0 atom stereocenters. The molecule has 1 heterocycles. The van der Waals surface area contributed by atoms with Gasteiger partial charge in [-0.05, 0) is 28.5 Å². The molecular weight excluding hydrogens is 186 g/mol. The van der Waals surface area contributed by atoms with Gasteiger partial charge in [0, 0.05) is 11.6 Å². The zero-order chi connectivity index (χ0) is 11.1. The minimum absolute atomic E-state index is 0.105. The molecule has 2 aromatic rings. The first-order chi connectivity index (χ1) is 6.98. The van der Waals surface area contributed by atoms with Gasteiger partial charge in [0.05, 0.1) is 0 Å². The van der Waals surface area contributed by atoms with Crippen LogP contribution in [0.2, 0.25) is 0 Å². The van der Waals surface area contributed by atoms with E-state index in [2.05, 4.69) is 31.8 Å². The Bertz CT molecular complexity index is 497. The monoisotopic (exact) mass is 201 g/mol. The molecule has 1 aromatic heterocycles. The molecule has 0 radical (unpaired) electrons. The number of aromatic hydroxyl groups is 1. The first kappa shape index (κ1) is 9.97. The summed E-state index contributed by atoms with van der Waals surface area (Å²) in [4.78, 5) is 3.85. The molecule has 0 bridgehead atoms. The quantitative estimate of drug-likeness (QED) is 0.709. The molecule has 2 heteroatoms. The number of nitrogens with zero attached hydrogens (tertiary/aromatic N) is 1. The summed E-state index contributed by atoms with van der Waals surface area (Å²) >= 11 is 0. The highest BCUT2D eigenvalue weighted by atomic mass is 16.3. The second-order valence-corrected chi connectivity index (χ2v) is 4.82. The Hall–Kier alpha value is -1.57. The van der Waals surface area contributed by atoms with Crippen molar-refractivity contribution in [3.05, 3.63) is 36.0 Å². The third kappa shape index (κ3) is 1.80. The summed E-state index contributed by atoms with van der Waals surface area (Å²) in [5.41, 5.74) is 1.40. The zero-order valence-electron chi connectivity index (χ0n) is 9.28. The molecule has 0 saturated carbocycles. The van der Waals surface area contributed by atoms with Gasteiger partial charge in [-0.2, -0.15) is 0 Å². The van der Waals surface area contributed by atoms with Gasteiger partial charge in [-0.25, -0.2) is 4.98 Å². The maximum absolute atomic E-state index is 9.55. The second kappa shape index (κ2) is 3.23. The highest BCUT2D eigenvalue weighted by molar-refractivity contribution is 5.87. The molecule has 2 nitrogen and oxygen atoms in total. The number of fused-ring (bicyclic) bond motifs is 1. The van der Waals surface area contributed by atoms with Crippen molar-refractivity contribution in [2.45, 2.75) is 26.2 Å². The van der Waals surface area contributed by atoms with E-state index >= 15 is 0 Å². The van der Waals surface area contributed by atoms with Crippen LogP contribution in [-0.2, 0) is 5.41 Å². The Balaban J connectivity index is 2.68. The average molecular weight is 201 g/mol. The lowest BCUT2D eigenvalue weighted by molar-refractivity contribution is 0.460. The molecule has 1 N–H and O–H groups in total. The third-order valence-electron chi connectivity index (χ3n) is 2.61. The van der Waals surface area contributed by atoms with Gasteiger partial charge in [0.1, 0.15) is 0 Å². The minimum Gasteiger partial charge on any atom is -0.493 e. The first-order valence-electron chi connectivity index (χ1n) is 5.07. The van der Waals surface area contributed by atoms with Crippen LogP contribution in [0.15, 0.2) is 30.5 Å². The number of hydrogen-bond acceptors (Lipinski definition) is 2. The van der Waals surface area contributed by atoms with Crippen LogP contribution in [0.5, 0.6) is 5.88 Å². The molecule has 2 rings (SSSR count). The minimum atomic E-state index is 0.105. The van der Waals surface area contributed by atoms with Crippen molar-refractivity contribution in [1.82, 2.24) is 4.98 Å². The van der Waals surface area contributed by atoms with E-state index in [1.54, 1.807) is 6.20 Å². The fraction of sp³-hybridized carbons (Fsp3) is 0.308. The molecule has 1 aromatic carbocycles. The first-order valence-corrected chi connectivity index (χ1v) is 5.07. The van der Waals surface area contributed by atoms with Crippen molar-refractivity contribution in [2.24, 2.45) is 0 Å². The summed E-state index contributed by atoms with van der Waals surface area (Å²) in [6.45, 7) is 6.53. The van der Waals surface area contributed by atoms with Gasteiger partial charge in [0.15, 0.2) is 0 Å². The van der Waals surface area contributed by atoms with Crippen LogP contribution in [0.4, 0.5) is 0 Å². The Morgan fingerprint density at radius 3 is 2.53 bits per heavy atom. The summed E-state index contributed by atoms with van der Waals surface area (Å²) in [6.07, 6.45) is 1.63. The summed E-state index contributed by atoms with van der Waals surface area (Å²) in [6, 6.07) is 8.00. The van der Waals surface area contributed by atoms with Crippen LogP contribution < -0.4 is 0 Å². The Morgan fingerprint density at radius 2 is 1.87 bits per heavy atom. The topological polar surface area (TPSA) is 33.1 Å². The SMILES string of the molecule is CC(C)(C)c1ccc2c(O)nccc2c1. The summed E-state index contributed by atoms with van der Waals surface area (Å²) in [5, 5.41) is 11.4. The van der Waals surface area contributed by atoms with E-state index in [4.69, 9.17) is 0 Å². The van der Waals surface area contributed by atoms with Crippen LogP contribution in [0.3, 0.4) is 0 Å². The lowest BCUT2D eigenvalue weighted by Crippen LogP contribution is -2.10. The standard InChI is InChI=1S/C13H15NO/c1-13(2,3)10-4-5-11-9(8-10)6-7-14-12(11)15/h4-8H,1-3H3,(H,14,15). The second-order valence-electron chi connectivity index (χ2n) is 4.82. The molecule has 0 unspecified atom stereocenters. The predicted molar refractivity (Wildman–Crippen MR) is 62.1 cm³/mol. The summed E-state index contributed by atoms with van der Waals surface area (Å²) in [7, 11) is 0. The lowest BCUT2D eigenvalue weighted by atomic mass is 9.86. The van der Waals surface area contributed by atoms with Crippen molar-refractivity contribution < 1.29 is 5.11 Å². The molecular formula is C13H15NO. The van der Waals surface area contributed by atoms with E-state index in [1.165, 1.54) is 5.56 Å². The van der Waals surface area contributed by atoms with Gasteiger partial charge in [-0.15, -0.1) is 0 Å². The van der Waals surface area contributed by atoms with Crippen LogP contribution in [0.25, 0.3) is 10.8 Å². The van der Waals surface area contributed by atoms with E-state index in [9.17, 15) is 5.11 Å². The summed E-state index contributed by atoms with van der Waals surface area (Å²) in [5.74, 6) is 0.105. The molecule has 0 aliphatic carbocycles. The molecule has 0 aliphatic rings. The van der Waals surface area contributed by atoms with Crippen molar-refractivity contribution in [1.29, 1.82) is 0 Å². The number of aromatic nitrogens is 1. The third-order valence-corrected chi connectivity index (χ3v) is 2.61. The number of hydrogen-bond donors (Lipinski definition) is 1. The molecule has 15 heavy (non-hydrogen) atoms. The van der Waals surface area contributed by atoms with Crippen LogP contribution in [0.1, 0.15) is 26.3 Å². The highest BCUT2D eigenvalue weighted by Crippen LogP contribution is 2.28. The molecule has 78 valence electrons. The largest absolute Gasteiger partial charge is 0.493 e. The van der Waals surface area contributed by atoms with E-state index in [-0.39, 0.29) is 11.3 Å². The molecule has 0 aliphatic heterocycles. The average Bonchev–Trinajstić information content (AvgIpc) is 2.16. The fourth-order valence-corrected chi connectivity index (χ4v) is 1.63. The van der Waals surface area contributed by atoms with E-state index in [0.717, 1.165) is 10.8 Å². The van der Waals surface area contributed by atoms with Gasteiger partial charge >= 0.3 is 0 Å². The van der Waals surface area contributed by atoms with Crippen molar-refractivity contribution >= 4 is 10.8 Å². The Labute approximate surface area is 89.6 Å². The van der Waals surface area contributed by atoms with Gasteiger partial charge in [0.25, 0.3) is 0 Å². The normalized spacial score (nSPS) is 11.9. The van der Waals surface area contributed by atoms with Gasteiger partial charge < -0.3 is 5.11 Å². The van der Waals surface area contributed by atoms with E-state index in [1.807, 2.05) is 18.2 Å². The fourth-order valence-electron chi connectivity index (χ4n) is 1.63. The van der Waals surface area contributed by atoms with Crippen molar-refractivity contribution in [3.63, 3.8) is 0 Å². The van der Waals surface area contributed by atoms with Crippen molar-refractivity contribution in [3.8, 4) is 5.88 Å². The maximum Gasteiger partial charge on any atom is 0.218 e. The maximum atomic E-state index is 9.55. The van der Waals surface area contributed by atoms with E-state index < -0.39 is 0 Å². The number of benzene rings is 1. The Morgan fingerprint density at radius 1 is 1.13 bits per heavy atom. The molecule has 0 amide bonds. The van der Waals surface area contributed by atoms with Gasteiger partial charge in [0.2, 0.25) is 5.88 Å². The highest BCUT2D eigenvalue weighted by Gasteiger charge is 2.14. The van der Waals surface area contributed by atoms with Crippen LogP contribution in [0, 0.1) is 0 Å². The van der Waals surface area contributed by atoms with E-state index in [0.29, 0.717) is 0 Å². The van der Waals surface area contributed by atoms with Crippen LogP contribution in [-0.4, -0.2) is 10.1 Å². The lowest BCUT2D eigenvalue weighted by Gasteiger charge is -2.19. The molecule has 0 saturated heterocycles. The smallest absolute Gasteiger partial charge is 0.218 e. The van der Waals surface area contributed by atoms with Crippen LogP contribution >= 0.6 is 0 Å². The number of rotatable bonds is 0. The predicted octanol–water partition coefficient (Wildman–Crippen LogP) is 3.24. The van der Waals surface area contributed by atoms with Crippen molar-refractivity contribution in [2.75, 3.05) is 0 Å². The summed E-state index contributed by atoms with van der Waals surface area (Å²) < 4.78 is 0. The molecule has 0 fully saturated rings. The van der Waals surface area contributed by atoms with Gasteiger partial charge in [-0.3, -0.25) is 0 Å². The molecule has 0 spiro atoms. The number of pyridine rings is 1. The van der Waals surface area contributed by atoms with Gasteiger partial charge in [-0.1, -0.05) is 32.9 Å².